The topological polar surface area (TPSA) is 158 Å². The normalized spacial score (nSPS) is 22.2. The van der Waals surface area contributed by atoms with Crippen LogP contribution in [0.1, 0.15) is 0 Å². The van der Waals surface area contributed by atoms with Crippen molar-refractivity contribution in [1.29, 1.82) is 0 Å². The Hall–Kier alpha value is -2.59. The number of benzene rings is 2. The van der Waals surface area contributed by atoms with Gasteiger partial charge in [0.1, 0.15) is 0 Å². The van der Waals surface area contributed by atoms with Crippen molar-refractivity contribution in [3.8, 4) is 0 Å². The molecule has 11 nitrogen and oxygen atoms in total. The average molecular weight is 663 g/mol. The standard InChI is InChI=1S/C15H8F6IN3O8S2/c16-13(17)14(18,19)34(30,31)25(35(32,33)15(13,20)21)22(9-4-6-11(7-5-9)23(26)27)10-2-1-3-12(8-10)24(28)29/h1-8H. The molecule has 0 N–H and O–H groups in total. The molecule has 2 aromatic carbocycles. The van der Waals surface area contributed by atoms with E-state index in [1.54, 1.807) is 0 Å². The van der Waals surface area contributed by atoms with Gasteiger partial charge < -0.3 is 0 Å². The van der Waals surface area contributed by atoms with E-state index in [4.69, 9.17) is 0 Å². The molecule has 1 saturated heterocycles. The zero-order chi connectivity index (χ0) is 26.8. The van der Waals surface area contributed by atoms with Crippen molar-refractivity contribution in [2.75, 3.05) is 0 Å². The van der Waals surface area contributed by atoms with E-state index in [0.717, 1.165) is 18.2 Å². The Bertz CT molecular complexity index is 1390. The SMILES string of the molecule is O=[N+]([O-])c1ccc(I(c2cccc([N+](=O)[O-])c2)N2S(=O)(=O)C(F)(F)C(F)(F)C(F)(F)S2(=O)=O)cc1. The van der Waals surface area contributed by atoms with Crippen molar-refractivity contribution < 1.29 is 53.0 Å². The first-order valence-corrected chi connectivity index (χ1v) is 14.4. The zero-order valence-corrected chi connectivity index (χ0v) is 20.0. The van der Waals surface area contributed by atoms with Crippen molar-refractivity contribution in [3.05, 3.63) is 75.9 Å². The van der Waals surface area contributed by atoms with Crippen molar-refractivity contribution >= 4 is 51.5 Å². The van der Waals surface area contributed by atoms with E-state index in [1.165, 1.54) is 0 Å². The van der Waals surface area contributed by atoms with Gasteiger partial charge in [-0.25, -0.2) is 0 Å². The van der Waals surface area contributed by atoms with E-state index in [1.807, 2.05) is 0 Å². The van der Waals surface area contributed by atoms with E-state index < -0.39 is 86.9 Å². The van der Waals surface area contributed by atoms with Crippen molar-refractivity contribution in [2.24, 2.45) is 0 Å². The van der Waals surface area contributed by atoms with Gasteiger partial charge in [0, 0.05) is 0 Å². The van der Waals surface area contributed by atoms with Gasteiger partial charge in [0.05, 0.1) is 0 Å². The van der Waals surface area contributed by atoms with Gasteiger partial charge in [-0.15, -0.1) is 0 Å². The number of halogens is 7. The first-order chi connectivity index (χ1) is 15.8. The van der Waals surface area contributed by atoms with Gasteiger partial charge >= 0.3 is 199 Å². The number of alkyl halides is 6. The van der Waals surface area contributed by atoms with Gasteiger partial charge in [-0.3, -0.25) is 0 Å². The van der Waals surface area contributed by atoms with Crippen molar-refractivity contribution in [2.45, 2.75) is 16.4 Å². The molecule has 1 aliphatic rings. The maximum atomic E-state index is 14.3. The maximum absolute atomic E-state index is 14.3. The van der Waals surface area contributed by atoms with E-state index in [0.29, 0.717) is 30.3 Å². The minimum absolute atomic E-state index is 0.500. The Morgan fingerprint density at radius 3 is 1.60 bits per heavy atom. The summed E-state index contributed by atoms with van der Waals surface area (Å²) in [7, 11) is -14.2. The van der Waals surface area contributed by atoms with Gasteiger partial charge in [0.25, 0.3) is 0 Å². The number of nitrogens with zero attached hydrogens (tertiary/aromatic N) is 3. The quantitative estimate of drug-likeness (QED) is 0.154. The summed E-state index contributed by atoms with van der Waals surface area (Å²) in [5.74, 6) is -6.88. The summed E-state index contributed by atoms with van der Waals surface area (Å²) in [4.78, 5) is 20.0. The second-order valence-corrected chi connectivity index (χ2v) is 16.7. The minimum atomic E-state index is -7.10. The van der Waals surface area contributed by atoms with Crippen LogP contribution in [0.15, 0.2) is 48.5 Å². The Labute approximate surface area is 198 Å². The number of rotatable bonds is 5. The molecule has 3 rings (SSSR count). The summed E-state index contributed by atoms with van der Waals surface area (Å²) in [6.07, 6.45) is 0. The second kappa shape index (κ2) is 8.23. The molecular weight excluding hydrogens is 655 g/mol. The van der Waals surface area contributed by atoms with Crippen LogP contribution >= 0.6 is 20.1 Å². The summed E-state index contributed by atoms with van der Waals surface area (Å²) in [6.45, 7) is 0. The molecule has 0 amide bonds. The van der Waals surface area contributed by atoms with Crippen LogP contribution in [0, 0.1) is 27.4 Å². The molecule has 192 valence electrons. The predicted molar refractivity (Wildman–Crippen MR) is 112 cm³/mol. The fourth-order valence-corrected chi connectivity index (χ4v) is 16.5. The molecule has 0 atom stereocenters. The van der Waals surface area contributed by atoms with Gasteiger partial charge in [0.15, 0.2) is 0 Å². The monoisotopic (exact) mass is 663 g/mol. The summed E-state index contributed by atoms with van der Waals surface area (Å²) in [6, 6.07) is 5.53. The van der Waals surface area contributed by atoms with Gasteiger partial charge in [-0.2, -0.15) is 0 Å². The Balaban J connectivity index is 2.43. The molecule has 0 bridgehead atoms. The first kappa shape index (κ1) is 27.0. The van der Waals surface area contributed by atoms with Crippen LogP contribution in [0.2, 0.25) is 0 Å². The van der Waals surface area contributed by atoms with Gasteiger partial charge in [-0.1, -0.05) is 0 Å². The molecular formula is C15H8F6IN3O8S2. The molecule has 1 aliphatic heterocycles. The fourth-order valence-electron chi connectivity index (χ4n) is 2.65. The zero-order valence-electron chi connectivity index (χ0n) is 16.2. The summed E-state index contributed by atoms with van der Waals surface area (Å²) in [5.41, 5.74) is -1.52. The van der Waals surface area contributed by atoms with Crippen molar-refractivity contribution in [3.63, 3.8) is 0 Å². The Morgan fingerprint density at radius 2 is 1.17 bits per heavy atom. The number of nitro benzene ring substituents is 2. The first-order valence-electron chi connectivity index (χ1n) is 8.44. The van der Waals surface area contributed by atoms with Crippen LogP contribution in [-0.4, -0.2) is 45.0 Å². The molecule has 0 saturated carbocycles. The fraction of sp³-hybridized carbons (Fsp3) is 0.200. The molecule has 0 aliphatic carbocycles. The molecule has 1 heterocycles. The molecule has 0 spiro atoms. The van der Waals surface area contributed by atoms with Crippen LogP contribution in [0.4, 0.5) is 37.7 Å². The van der Waals surface area contributed by atoms with Crippen LogP contribution in [0.3, 0.4) is 0 Å². The number of hydrogen-bond donors (Lipinski definition) is 0. The van der Waals surface area contributed by atoms with E-state index >= 15 is 0 Å². The van der Waals surface area contributed by atoms with Crippen LogP contribution in [0.25, 0.3) is 0 Å². The molecule has 0 unspecified atom stereocenters. The van der Waals surface area contributed by atoms with E-state index in [9.17, 15) is 63.4 Å². The Kier molecular flexibility index (Phi) is 6.35. The third-order valence-corrected chi connectivity index (χ3v) is 17.6. The molecule has 0 radical (unpaired) electrons. The van der Waals surface area contributed by atoms with Crippen LogP contribution in [0.5, 0.6) is 0 Å². The van der Waals surface area contributed by atoms with Crippen molar-refractivity contribution in [1.82, 2.24) is 1.92 Å². The number of non-ortho nitro benzene ring substituents is 2. The third-order valence-electron chi connectivity index (χ3n) is 4.36. The molecule has 35 heavy (non-hydrogen) atoms. The molecule has 1 fully saturated rings. The van der Waals surface area contributed by atoms with E-state index in [-0.39, 0.29) is 0 Å². The molecule has 20 heteroatoms. The van der Waals surface area contributed by atoms with Crippen LogP contribution < -0.4 is 0 Å². The summed E-state index contributed by atoms with van der Waals surface area (Å²) < 4.78 is 132. The number of sulfonamides is 2. The second-order valence-electron chi connectivity index (χ2n) is 6.50. The molecule has 2 aromatic rings. The molecule has 0 aromatic heterocycles. The predicted octanol–water partition coefficient (Wildman–Crippen LogP) is 3.76. The third kappa shape index (κ3) is 3.72. The van der Waals surface area contributed by atoms with Gasteiger partial charge in [-0.05, 0) is 0 Å². The number of nitro groups is 2. The average Bonchev–Trinajstić information content (AvgIpc) is 2.76. The summed E-state index contributed by atoms with van der Waals surface area (Å²) >= 11 is -5.04. The van der Waals surface area contributed by atoms with E-state index in [2.05, 4.69) is 0 Å². The van der Waals surface area contributed by atoms with Gasteiger partial charge in [0.2, 0.25) is 0 Å². The Morgan fingerprint density at radius 1 is 0.714 bits per heavy atom. The van der Waals surface area contributed by atoms with Crippen LogP contribution in [-0.2, 0) is 20.0 Å². The summed E-state index contributed by atoms with van der Waals surface area (Å²) in [5, 5.41) is 8.76. The number of hydrogen-bond acceptors (Lipinski definition) is 8.